The van der Waals surface area contributed by atoms with Gasteiger partial charge in [0.05, 0.1) is 25.3 Å². The SMILES string of the molecule is COC(=O)c1ccc(-n2c(C)cc(/C=N\NC(=O)Cc3ccccc3)c2C)cc1. The lowest BCUT2D eigenvalue weighted by Crippen LogP contribution is -2.19. The lowest BCUT2D eigenvalue weighted by Gasteiger charge is -2.10. The summed E-state index contributed by atoms with van der Waals surface area (Å²) >= 11 is 0. The average molecular weight is 389 g/mol. The number of carbonyl (C=O) groups is 2. The lowest BCUT2D eigenvalue weighted by molar-refractivity contribution is -0.120. The van der Waals surface area contributed by atoms with Gasteiger partial charge in [-0.3, -0.25) is 4.79 Å². The van der Waals surface area contributed by atoms with Crippen molar-refractivity contribution in [1.29, 1.82) is 0 Å². The maximum atomic E-state index is 12.0. The van der Waals surface area contributed by atoms with Crippen LogP contribution in [-0.2, 0) is 16.0 Å². The van der Waals surface area contributed by atoms with E-state index in [9.17, 15) is 9.59 Å². The minimum absolute atomic E-state index is 0.167. The summed E-state index contributed by atoms with van der Waals surface area (Å²) in [6.45, 7) is 3.97. The van der Waals surface area contributed by atoms with Crippen LogP contribution in [0.25, 0.3) is 5.69 Å². The van der Waals surface area contributed by atoms with Crippen molar-refractivity contribution in [3.63, 3.8) is 0 Å². The fraction of sp³-hybridized carbons (Fsp3) is 0.174. The topological polar surface area (TPSA) is 72.7 Å². The van der Waals surface area contributed by atoms with Crippen molar-refractivity contribution in [3.8, 4) is 5.69 Å². The fourth-order valence-electron chi connectivity index (χ4n) is 3.17. The smallest absolute Gasteiger partial charge is 0.337 e. The molecule has 1 aromatic heterocycles. The lowest BCUT2D eigenvalue weighted by atomic mass is 10.1. The zero-order valence-electron chi connectivity index (χ0n) is 16.7. The molecule has 0 saturated heterocycles. The Morgan fingerprint density at radius 1 is 1.07 bits per heavy atom. The van der Waals surface area contributed by atoms with Crippen LogP contribution in [0, 0.1) is 13.8 Å². The number of hydrazone groups is 1. The summed E-state index contributed by atoms with van der Waals surface area (Å²) < 4.78 is 6.80. The molecule has 0 spiro atoms. The highest BCUT2D eigenvalue weighted by atomic mass is 16.5. The number of amides is 1. The summed E-state index contributed by atoms with van der Waals surface area (Å²) in [5, 5.41) is 4.10. The van der Waals surface area contributed by atoms with Crippen LogP contribution in [0.2, 0.25) is 0 Å². The number of hydrogen-bond acceptors (Lipinski definition) is 4. The molecular formula is C23H23N3O3. The van der Waals surface area contributed by atoms with E-state index in [0.29, 0.717) is 5.56 Å². The molecule has 6 heteroatoms. The van der Waals surface area contributed by atoms with Gasteiger partial charge in [-0.2, -0.15) is 5.10 Å². The molecule has 3 aromatic rings. The van der Waals surface area contributed by atoms with E-state index in [-0.39, 0.29) is 18.3 Å². The highest BCUT2D eigenvalue weighted by Crippen LogP contribution is 2.20. The van der Waals surface area contributed by atoms with E-state index in [1.54, 1.807) is 18.3 Å². The molecule has 3 rings (SSSR count). The molecule has 0 radical (unpaired) electrons. The van der Waals surface area contributed by atoms with Gasteiger partial charge in [0.25, 0.3) is 0 Å². The number of nitrogens with zero attached hydrogens (tertiary/aromatic N) is 2. The second-order valence-corrected chi connectivity index (χ2v) is 6.66. The number of nitrogens with one attached hydrogen (secondary N) is 1. The van der Waals surface area contributed by atoms with Crippen LogP contribution < -0.4 is 5.43 Å². The van der Waals surface area contributed by atoms with Crippen LogP contribution in [0.15, 0.2) is 65.8 Å². The Bertz CT molecular complexity index is 1040. The minimum atomic E-state index is -0.364. The molecular weight excluding hydrogens is 366 g/mol. The van der Waals surface area contributed by atoms with Crippen LogP contribution in [0.1, 0.15) is 32.9 Å². The summed E-state index contributed by atoms with van der Waals surface area (Å²) in [4.78, 5) is 23.6. The van der Waals surface area contributed by atoms with E-state index >= 15 is 0 Å². The van der Waals surface area contributed by atoms with E-state index in [2.05, 4.69) is 15.1 Å². The van der Waals surface area contributed by atoms with E-state index in [1.807, 2.05) is 62.4 Å². The zero-order valence-corrected chi connectivity index (χ0v) is 16.7. The first-order valence-electron chi connectivity index (χ1n) is 9.23. The Balaban J connectivity index is 1.71. The molecule has 6 nitrogen and oxygen atoms in total. The number of hydrogen-bond donors (Lipinski definition) is 1. The standard InChI is InChI=1S/C23H23N3O3/c1-16-13-20(15-24-25-22(27)14-18-7-5-4-6-8-18)17(2)26(16)21-11-9-19(10-12-21)23(28)29-3/h4-13,15H,14H2,1-3H3,(H,25,27)/b24-15-. The van der Waals surface area contributed by atoms with Gasteiger partial charge in [-0.15, -0.1) is 0 Å². The molecule has 1 N–H and O–H groups in total. The number of aryl methyl sites for hydroxylation is 1. The number of ether oxygens (including phenoxy) is 1. The third-order valence-corrected chi connectivity index (χ3v) is 4.62. The van der Waals surface area contributed by atoms with Crippen molar-refractivity contribution in [3.05, 3.63) is 88.7 Å². The quantitative estimate of drug-likeness (QED) is 0.398. The van der Waals surface area contributed by atoms with E-state index in [0.717, 1.165) is 28.2 Å². The molecule has 148 valence electrons. The Morgan fingerprint density at radius 2 is 1.76 bits per heavy atom. The molecule has 0 aliphatic rings. The second kappa shape index (κ2) is 9.01. The summed E-state index contributed by atoms with van der Waals surface area (Å²) in [6, 6.07) is 18.7. The molecule has 29 heavy (non-hydrogen) atoms. The van der Waals surface area contributed by atoms with Gasteiger partial charge in [0, 0.05) is 22.6 Å². The van der Waals surface area contributed by atoms with Gasteiger partial charge in [-0.25, -0.2) is 10.2 Å². The normalized spacial score (nSPS) is 10.9. The second-order valence-electron chi connectivity index (χ2n) is 6.66. The molecule has 0 unspecified atom stereocenters. The third kappa shape index (κ3) is 4.79. The summed E-state index contributed by atoms with van der Waals surface area (Å²) in [5.41, 5.74) is 7.84. The van der Waals surface area contributed by atoms with E-state index in [1.165, 1.54) is 7.11 Å². The number of esters is 1. The number of methoxy groups -OCH3 is 1. The summed E-state index contributed by atoms with van der Waals surface area (Å²) in [6.07, 6.45) is 1.92. The maximum Gasteiger partial charge on any atom is 0.337 e. The molecule has 0 atom stereocenters. The summed E-state index contributed by atoms with van der Waals surface area (Å²) in [7, 11) is 1.36. The number of rotatable bonds is 6. The van der Waals surface area contributed by atoms with Crippen molar-refractivity contribution < 1.29 is 14.3 Å². The Kier molecular flexibility index (Phi) is 6.24. The predicted octanol–water partition coefficient (Wildman–Crippen LogP) is 3.57. The van der Waals surface area contributed by atoms with Crippen molar-refractivity contribution in [2.45, 2.75) is 20.3 Å². The Labute approximate surface area is 169 Å². The largest absolute Gasteiger partial charge is 0.465 e. The van der Waals surface area contributed by atoms with Gasteiger partial charge < -0.3 is 9.30 Å². The average Bonchev–Trinajstić information content (AvgIpc) is 3.01. The molecule has 0 fully saturated rings. The van der Waals surface area contributed by atoms with E-state index < -0.39 is 0 Å². The third-order valence-electron chi connectivity index (χ3n) is 4.62. The number of aromatic nitrogens is 1. The van der Waals surface area contributed by atoms with Gasteiger partial charge >= 0.3 is 5.97 Å². The van der Waals surface area contributed by atoms with Crippen LogP contribution in [0.4, 0.5) is 0 Å². The molecule has 0 aliphatic carbocycles. The van der Waals surface area contributed by atoms with Crippen LogP contribution in [0.5, 0.6) is 0 Å². The molecule has 2 aromatic carbocycles. The van der Waals surface area contributed by atoms with Gasteiger partial charge in [0.15, 0.2) is 0 Å². The minimum Gasteiger partial charge on any atom is -0.465 e. The molecule has 0 aliphatic heterocycles. The molecule has 0 saturated carbocycles. The highest BCUT2D eigenvalue weighted by Gasteiger charge is 2.11. The van der Waals surface area contributed by atoms with Crippen LogP contribution in [0.3, 0.4) is 0 Å². The number of carbonyl (C=O) groups excluding carboxylic acids is 2. The van der Waals surface area contributed by atoms with Crippen molar-refractivity contribution in [2.24, 2.45) is 5.10 Å². The first-order chi connectivity index (χ1) is 14.0. The first-order valence-corrected chi connectivity index (χ1v) is 9.23. The van der Waals surface area contributed by atoms with Gasteiger partial charge in [-0.1, -0.05) is 30.3 Å². The van der Waals surface area contributed by atoms with Crippen molar-refractivity contribution >= 4 is 18.1 Å². The summed E-state index contributed by atoms with van der Waals surface area (Å²) in [5.74, 6) is -0.531. The monoisotopic (exact) mass is 389 g/mol. The molecule has 0 bridgehead atoms. The van der Waals surface area contributed by atoms with Gasteiger partial charge in [-0.05, 0) is 49.7 Å². The maximum absolute atomic E-state index is 12.0. The van der Waals surface area contributed by atoms with Gasteiger partial charge in [0.1, 0.15) is 0 Å². The fourth-order valence-corrected chi connectivity index (χ4v) is 3.17. The molecule has 1 heterocycles. The number of benzene rings is 2. The van der Waals surface area contributed by atoms with Crippen LogP contribution >= 0.6 is 0 Å². The predicted molar refractivity (Wildman–Crippen MR) is 112 cm³/mol. The Hall–Kier alpha value is -3.67. The van der Waals surface area contributed by atoms with Crippen molar-refractivity contribution in [2.75, 3.05) is 7.11 Å². The molecule has 1 amide bonds. The Morgan fingerprint density at radius 3 is 2.41 bits per heavy atom. The van der Waals surface area contributed by atoms with Gasteiger partial charge in [0.2, 0.25) is 5.91 Å². The first kappa shape index (κ1) is 20.1. The highest BCUT2D eigenvalue weighted by molar-refractivity contribution is 5.89. The van der Waals surface area contributed by atoms with Crippen molar-refractivity contribution in [1.82, 2.24) is 9.99 Å². The van der Waals surface area contributed by atoms with E-state index in [4.69, 9.17) is 4.74 Å². The zero-order chi connectivity index (χ0) is 20.8. The van der Waals surface area contributed by atoms with Crippen LogP contribution in [-0.4, -0.2) is 29.8 Å².